The van der Waals surface area contributed by atoms with E-state index in [4.69, 9.17) is 16.3 Å². The maximum atomic E-state index is 12.3. The zero-order valence-electron chi connectivity index (χ0n) is 13.2. The summed E-state index contributed by atoms with van der Waals surface area (Å²) in [6.45, 7) is -0.185. The molecular formula is C17H17ClN2O4. The highest BCUT2D eigenvalue weighted by atomic mass is 35.5. The topological polar surface area (TPSA) is 78.9 Å². The molecule has 0 aliphatic rings. The van der Waals surface area contributed by atoms with Crippen molar-refractivity contribution < 1.29 is 19.4 Å². The van der Waals surface area contributed by atoms with Crippen LogP contribution in [0.1, 0.15) is 10.4 Å². The van der Waals surface area contributed by atoms with Gasteiger partial charge in [-0.2, -0.15) is 0 Å². The van der Waals surface area contributed by atoms with Gasteiger partial charge in [0.2, 0.25) is 5.91 Å². The summed E-state index contributed by atoms with van der Waals surface area (Å²) in [7, 11) is 2.93. The lowest BCUT2D eigenvalue weighted by Gasteiger charge is -2.18. The molecular weight excluding hydrogens is 332 g/mol. The summed E-state index contributed by atoms with van der Waals surface area (Å²) in [6.07, 6.45) is 0. The van der Waals surface area contributed by atoms with E-state index in [9.17, 15) is 14.7 Å². The highest BCUT2D eigenvalue weighted by molar-refractivity contribution is 6.33. The second-order valence-corrected chi connectivity index (χ2v) is 5.48. The van der Waals surface area contributed by atoms with E-state index >= 15 is 0 Å². The molecule has 0 unspecified atom stereocenters. The monoisotopic (exact) mass is 348 g/mol. The van der Waals surface area contributed by atoms with E-state index < -0.39 is 11.8 Å². The smallest absolute Gasteiger partial charge is 0.257 e. The number of para-hydroxylation sites is 1. The zero-order chi connectivity index (χ0) is 17.7. The first kappa shape index (κ1) is 17.6. The Balaban J connectivity index is 2.03. The molecule has 0 aliphatic carbocycles. The fourth-order valence-electron chi connectivity index (χ4n) is 2.06. The molecule has 0 aromatic heterocycles. The minimum absolute atomic E-state index is 0.0869. The molecule has 0 saturated carbocycles. The van der Waals surface area contributed by atoms with Crippen LogP contribution in [0.25, 0.3) is 0 Å². The van der Waals surface area contributed by atoms with Crippen molar-refractivity contribution in [3.8, 4) is 11.5 Å². The van der Waals surface area contributed by atoms with Crippen molar-refractivity contribution in [1.82, 2.24) is 4.90 Å². The Hall–Kier alpha value is -2.73. The molecule has 0 saturated heterocycles. The third-order valence-electron chi connectivity index (χ3n) is 3.31. The number of ether oxygens (including phenoxy) is 1. The van der Waals surface area contributed by atoms with Crippen LogP contribution in [-0.2, 0) is 4.79 Å². The second kappa shape index (κ2) is 7.70. The molecule has 0 radical (unpaired) electrons. The van der Waals surface area contributed by atoms with Gasteiger partial charge in [0.25, 0.3) is 5.91 Å². The number of hydrogen-bond acceptors (Lipinski definition) is 4. The average Bonchev–Trinajstić information content (AvgIpc) is 2.56. The van der Waals surface area contributed by atoms with Crippen molar-refractivity contribution in [3.05, 3.63) is 53.1 Å². The van der Waals surface area contributed by atoms with Crippen molar-refractivity contribution in [2.45, 2.75) is 0 Å². The number of phenolic OH excluding ortho intramolecular Hbond substituents is 1. The van der Waals surface area contributed by atoms with Gasteiger partial charge in [0, 0.05) is 13.1 Å². The summed E-state index contributed by atoms with van der Waals surface area (Å²) in [5.74, 6) is -0.655. The molecule has 2 aromatic carbocycles. The number of rotatable bonds is 5. The number of methoxy groups -OCH3 is 1. The van der Waals surface area contributed by atoms with Gasteiger partial charge in [-0.1, -0.05) is 23.7 Å². The van der Waals surface area contributed by atoms with Gasteiger partial charge in [0.15, 0.2) is 0 Å². The number of nitrogens with one attached hydrogen (secondary N) is 1. The molecule has 0 spiro atoms. The maximum absolute atomic E-state index is 12.3. The molecule has 0 aliphatic heterocycles. The Morgan fingerprint density at radius 2 is 1.96 bits per heavy atom. The van der Waals surface area contributed by atoms with E-state index in [-0.39, 0.29) is 17.9 Å². The third kappa shape index (κ3) is 4.17. The standard InChI is InChI=1S/C17H17ClN2O4/c1-20(10-16(22)19-14-6-4-3-5-13(14)18)17(23)12-8-7-11(24-2)9-15(12)21/h3-9,21H,10H2,1-2H3,(H,19,22). The highest BCUT2D eigenvalue weighted by Crippen LogP contribution is 2.24. The number of amides is 2. The first-order valence-corrected chi connectivity index (χ1v) is 7.47. The van der Waals surface area contributed by atoms with Crippen LogP contribution in [0, 0.1) is 0 Å². The molecule has 7 heteroatoms. The van der Waals surface area contributed by atoms with Crippen LogP contribution in [0.15, 0.2) is 42.5 Å². The first-order valence-electron chi connectivity index (χ1n) is 7.09. The summed E-state index contributed by atoms with van der Waals surface area (Å²) in [5.41, 5.74) is 0.557. The average molecular weight is 349 g/mol. The molecule has 0 atom stereocenters. The fourth-order valence-corrected chi connectivity index (χ4v) is 2.25. The third-order valence-corrected chi connectivity index (χ3v) is 3.64. The molecule has 0 bridgehead atoms. The number of anilines is 1. The summed E-state index contributed by atoms with van der Waals surface area (Å²) in [5, 5.41) is 12.9. The van der Waals surface area contributed by atoms with Crippen LogP contribution in [0.4, 0.5) is 5.69 Å². The SMILES string of the molecule is COc1ccc(C(=O)N(C)CC(=O)Nc2ccccc2Cl)c(O)c1. The van der Waals surface area contributed by atoms with Crippen molar-refractivity contribution >= 4 is 29.1 Å². The molecule has 126 valence electrons. The number of aromatic hydroxyl groups is 1. The number of nitrogens with zero attached hydrogens (tertiary/aromatic N) is 1. The number of phenols is 1. The first-order chi connectivity index (χ1) is 11.4. The van der Waals surface area contributed by atoms with Crippen LogP contribution in [-0.4, -0.2) is 42.5 Å². The second-order valence-electron chi connectivity index (χ2n) is 5.07. The Kier molecular flexibility index (Phi) is 5.65. The minimum Gasteiger partial charge on any atom is -0.507 e. The molecule has 24 heavy (non-hydrogen) atoms. The Bertz CT molecular complexity index is 764. The van der Waals surface area contributed by atoms with Gasteiger partial charge in [0.1, 0.15) is 11.5 Å². The maximum Gasteiger partial charge on any atom is 0.257 e. The van der Waals surface area contributed by atoms with E-state index in [2.05, 4.69) is 5.32 Å². The number of hydrogen-bond donors (Lipinski definition) is 2. The van der Waals surface area contributed by atoms with Crippen LogP contribution >= 0.6 is 11.6 Å². The van der Waals surface area contributed by atoms with E-state index in [0.29, 0.717) is 16.5 Å². The summed E-state index contributed by atoms with van der Waals surface area (Å²) in [6, 6.07) is 11.2. The lowest BCUT2D eigenvalue weighted by Crippen LogP contribution is -2.35. The fraction of sp³-hybridized carbons (Fsp3) is 0.176. The van der Waals surface area contributed by atoms with Gasteiger partial charge in [-0.05, 0) is 24.3 Å². The number of benzene rings is 2. The van der Waals surface area contributed by atoms with Gasteiger partial charge in [-0.15, -0.1) is 0 Å². The minimum atomic E-state index is -0.482. The van der Waals surface area contributed by atoms with Crippen molar-refractivity contribution in [1.29, 1.82) is 0 Å². The normalized spacial score (nSPS) is 10.1. The largest absolute Gasteiger partial charge is 0.507 e. The molecule has 6 nitrogen and oxygen atoms in total. The Morgan fingerprint density at radius 3 is 2.58 bits per heavy atom. The van der Waals surface area contributed by atoms with Crippen molar-refractivity contribution in [3.63, 3.8) is 0 Å². The van der Waals surface area contributed by atoms with Gasteiger partial charge in [-0.3, -0.25) is 9.59 Å². The van der Waals surface area contributed by atoms with Gasteiger partial charge in [-0.25, -0.2) is 0 Å². The van der Waals surface area contributed by atoms with Gasteiger partial charge in [0.05, 0.1) is 29.9 Å². The number of carbonyl (C=O) groups excluding carboxylic acids is 2. The predicted octanol–water partition coefficient (Wildman–Crippen LogP) is 2.76. The van der Waals surface area contributed by atoms with E-state index in [1.54, 1.807) is 30.3 Å². The summed E-state index contributed by atoms with van der Waals surface area (Å²) in [4.78, 5) is 25.6. The van der Waals surface area contributed by atoms with Crippen molar-refractivity contribution in [2.75, 3.05) is 26.0 Å². The molecule has 2 rings (SSSR count). The molecule has 0 heterocycles. The van der Waals surface area contributed by atoms with Crippen LogP contribution in [0.3, 0.4) is 0 Å². The zero-order valence-corrected chi connectivity index (χ0v) is 14.0. The van der Waals surface area contributed by atoms with E-state index in [0.717, 1.165) is 0 Å². The number of halogens is 1. The van der Waals surface area contributed by atoms with E-state index in [1.807, 2.05) is 0 Å². The van der Waals surface area contributed by atoms with Crippen LogP contribution in [0.2, 0.25) is 5.02 Å². The van der Waals surface area contributed by atoms with Gasteiger partial charge >= 0.3 is 0 Å². The molecule has 2 aromatic rings. The predicted molar refractivity (Wildman–Crippen MR) is 91.7 cm³/mol. The number of likely N-dealkylation sites (N-methyl/N-ethyl adjacent to an activating group) is 1. The van der Waals surface area contributed by atoms with E-state index in [1.165, 1.54) is 31.2 Å². The Labute approximate surface area is 144 Å². The van der Waals surface area contributed by atoms with Crippen LogP contribution in [0.5, 0.6) is 11.5 Å². The Morgan fingerprint density at radius 1 is 1.25 bits per heavy atom. The highest BCUT2D eigenvalue weighted by Gasteiger charge is 2.19. The molecule has 2 amide bonds. The lowest BCUT2D eigenvalue weighted by atomic mass is 10.1. The molecule has 2 N–H and O–H groups in total. The lowest BCUT2D eigenvalue weighted by molar-refractivity contribution is -0.116. The summed E-state index contributed by atoms with van der Waals surface area (Å²) < 4.78 is 4.97. The quantitative estimate of drug-likeness (QED) is 0.870. The summed E-state index contributed by atoms with van der Waals surface area (Å²) >= 11 is 5.97. The number of carbonyl (C=O) groups is 2. The van der Waals surface area contributed by atoms with Gasteiger partial charge < -0.3 is 20.1 Å². The van der Waals surface area contributed by atoms with Crippen molar-refractivity contribution in [2.24, 2.45) is 0 Å². The molecule has 0 fully saturated rings. The van der Waals surface area contributed by atoms with Crippen LogP contribution < -0.4 is 10.1 Å².